The maximum atomic E-state index is 11.3. The Bertz CT molecular complexity index is 510. The molecule has 0 aromatic heterocycles. The number of nitriles is 1. The van der Waals surface area contributed by atoms with E-state index in [1.165, 1.54) is 6.92 Å². The Morgan fingerprint density at radius 3 is 3.00 bits per heavy atom. The predicted octanol–water partition coefficient (Wildman–Crippen LogP) is 2.27. The van der Waals surface area contributed by atoms with Gasteiger partial charge in [-0.2, -0.15) is 5.26 Å². The molecule has 0 N–H and O–H groups in total. The molecule has 1 heterocycles. The maximum Gasteiger partial charge on any atom is 0.161 e. The highest BCUT2D eigenvalue weighted by Crippen LogP contribution is 2.25. The number of hydrogen-bond donors (Lipinski definition) is 0. The second kappa shape index (κ2) is 5.38. The van der Waals surface area contributed by atoms with Crippen LogP contribution in [0.5, 0.6) is 0 Å². The van der Waals surface area contributed by atoms with Crippen molar-refractivity contribution in [2.24, 2.45) is 0 Å². The van der Waals surface area contributed by atoms with Gasteiger partial charge in [0.2, 0.25) is 0 Å². The zero-order valence-corrected chi connectivity index (χ0v) is 10.8. The minimum atomic E-state index is -0.412. The number of ether oxygens (including phenoxy) is 1. The Morgan fingerprint density at radius 1 is 1.61 bits per heavy atom. The molecule has 1 unspecified atom stereocenters. The third kappa shape index (κ3) is 2.63. The smallest absolute Gasteiger partial charge is 0.161 e. The Labute approximate surface area is 111 Å². The lowest BCUT2D eigenvalue weighted by atomic mass is 10.1. The molecule has 1 aliphatic rings. The standard InChI is InChI=1S/C13H13ClN2O2/c1-9(17)12-3-2-10(6-13(12)14)16-4-5-18-11(7-15)8-16/h2-3,6,11H,4-5,8H2,1H3. The molecule has 0 bridgehead atoms. The quantitative estimate of drug-likeness (QED) is 0.769. The van der Waals surface area contributed by atoms with Crippen molar-refractivity contribution in [2.45, 2.75) is 13.0 Å². The van der Waals surface area contributed by atoms with Gasteiger partial charge < -0.3 is 9.64 Å². The third-order valence-electron chi connectivity index (χ3n) is 2.91. The number of halogens is 1. The van der Waals surface area contributed by atoms with Crippen LogP contribution in [0.15, 0.2) is 18.2 Å². The molecule has 0 amide bonds. The van der Waals surface area contributed by atoms with Crippen molar-refractivity contribution in [1.29, 1.82) is 5.26 Å². The zero-order chi connectivity index (χ0) is 13.1. The Balaban J connectivity index is 2.21. The zero-order valence-electron chi connectivity index (χ0n) is 10.0. The minimum Gasteiger partial charge on any atom is -0.365 e. The van der Waals surface area contributed by atoms with Crippen LogP contribution in [0.25, 0.3) is 0 Å². The highest BCUT2D eigenvalue weighted by molar-refractivity contribution is 6.34. The van der Waals surface area contributed by atoms with E-state index in [0.29, 0.717) is 30.3 Å². The van der Waals surface area contributed by atoms with E-state index in [4.69, 9.17) is 21.6 Å². The summed E-state index contributed by atoms with van der Waals surface area (Å²) in [5.41, 5.74) is 1.43. The van der Waals surface area contributed by atoms with Gasteiger partial charge in [0.25, 0.3) is 0 Å². The van der Waals surface area contributed by atoms with E-state index in [0.717, 1.165) is 5.69 Å². The van der Waals surface area contributed by atoms with Crippen LogP contribution >= 0.6 is 11.6 Å². The van der Waals surface area contributed by atoms with E-state index in [-0.39, 0.29) is 5.78 Å². The second-order valence-corrected chi connectivity index (χ2v) is 4.56. The number of Topliss-reactive ketones (excluding diaryl/α,β-unsaturated/α-hetero) is 1. The Hall–Kier alpha value is -1.57. The number of rotatable bonds is 2. The summed E-state index contributed by atoms with van der Waals surface area (Å²) < 4.78 is 5.28. The first-order chi connectivity index (χ1) is 8.61. The fourth-order valence-electron chi connectivity index (χ4n) is 1.95. The monoisotopic (exact) mass is 264 g/mol. The van der Waals surface area contributed by atoms with Gasteiger partial charge in [-0.1, -0.05) is 11.6 Å². The average molecular weight is 265 g/mol. The number of anilines is 1. The van der Waals surface area contributed by atoms with Gasteiger partial charge in [0.05, 0.1) is 24.2 Å². The predicted molar refractivity (Wildman–Crippen MR) is 69.0 cm³/mol. The summed E-state index contributed by atoms with van der Waals surface area (Å²) in [5, 5.41) is 9.30. The Kier molecular flexibility index (Phi) is 3.85. The molecule has 0 radical (unpaired) electrons. The summed E-state index contributed by atoms with van der Waals surface area (Å²) in [6, 6.07) is 7.43. The molecule has 1 aromatic carbocycles. The summed E-state index contributed by atoms with van der Waals surface area (Å²) in [6.07, 6.45) is -0.412. The SMILES string of the molecule is CC(=O)c1ccc(N2CCOC(C#N)C2)cc1Cl. The normalized spacial score (nSPS) is 19.4. The van der Waals surface area contributed by atoms with Gasteiger partial charge in [0, 0.05) is 17.8 Å². The minimum absolute atomic E-state index is 0.0524. The highest BCUT2D eigenvalue weighted by Gasteiger charge is 2.20. The van der Waals surface area contributed by atoms with Crippen molar-refractivity contribution in [1.82, 2.24) is 0 Å². The van der Waals surface area contributed by atoms with Crippen molar-refractivity contribution >= 4 is 23.1 Å². The van der Waals surface area contributed by atoms with Gasteiger partial charge in [-0.15, -0.1) is 0 Å². The van der Waals surface area contributed by atoms with Gasteiger partial charge in [-0.25, -0.2) is 0 Å². The molecule has 1 aromatic rings. The lowest BCUT2D eigenvalue weighted by molar-refractivity contribution is 0.0764. The van der Waals surface area contributed by atoms with E-state index in [1.54, 1.807) is 12.1 Å². The molecule has 0 spiro atoms. The van der Waals surface area contributed by atoms with Crippen LogP contribution in [0.2, 0.25) is 5.02 Å². The van der Waals surface area contributed by atoms with Crippen LogP contribution in [0.4, 0.5) is 5.69 Å². The van der Waals surface area contributed by atoms with Crippen LogP contribution in [-0.2, 0) is 4.74 Å². The van der Waals surface area contributed by atoms with Gasteiger partial charge in [-0.05, 0) is 25.1 Å². The number of carbonyl (C=O) groups excluding carboxylic acids is 1. The van der Waals surface area contributed by atoms with Crippen LogP contribution in [0.3, 0.4) is 0 Å². The molecule has 1 aliphatic heterocycles. The van der Waals surface area contributed by atoms with E-state index in [2.05, 4.69) is 6.07 Å². The molecule has 5 heteroatoms. The summed E-state index contributed by atoms with van der Waals surface area (Å²) in [6.45, 7) is 3.24. The second-order valence-electron chi connectivity index (χ2n) is 4.15. The van der Waals surface area contributed by atoms with Crippen molar-refractivity contribution < 1.29 is 9.53 Å². The molecular weight excluding hydrogens is 252 g/mol. The molecule has 0 aliphatic carbocycles. The molecule has 18 heavy (non-hydrogen) atoms. The van der Waals surface area contributed by atoms with Crippen LogP contribution in [0, 0.1) is 11.3 Å². The number of morpholine rings is 1. The van der Waals surface area contributed by atoms with Gasteiger partial charge in [-0.3, -0.25) is 4.79 Å². The molecule has 0 saturated carbocycles. The van der Waals surface area contributed by atoms with Crippen molar-refractivity contribution in [3.63, 3.8) is 0 Å². The lowest BCUT2D eigenvalue weighted by Crippen LogP contribution is -2.41. The first-order valence-electron chi connectivity index (χ1n) is 5.68. The van der Waals surface area contributed by atoms with Crippen LogP contribution in [0.1, 0.15) is 17.3 Å². The fraction of sp³-hybridized carbons (Fsp3) is 0.385. The maximum absolute atomic E-state index is 11.3. The van der Waals surface area contributed by atoms with Crippen molar-refractivity contribution in [2.75, 3.05) is 24.6 Å². The average Bonchev–Trinajstić information content (AvgIpc) is 2.38. The molecular formula is C13H13ClN2O2. The number of hydrogen-bond acceptors (Lipinski definition) is 4. The highest BCUT2D eigenvalue weighted by atomic mass is 35.5. The first kappa shape index (κ1) is 12.9. The largest absolute Gasteiger partial charge is 0.365 e. The van der Waals surface area contributed by atoms with E-state index in [1.807, 2.05) is 11.0 Å². The molecule has 1 saturated heterocycles. The van der Waals surface area contributed by atoms with E-state index < -0.39 is 6.10 Å². The van der Waals surface area contributed by atoms with E-state index >= 15 is 0 Å². The summed E-state index contributed by atoms with van der Waals surface area (Å²) in [4.78, 5) is 13.3. The third-order valence-corrected chi connectivity index (χ3v) is 3.22. The summed E-state index contributed by atoms with van der Waals surface area (Å²) >= 11 is 6.07. The topological polar surface area (TPSA) is 53.3 Å². The molecule has 1 fully saturated rings. The summed E-state index contributed by atoms with van der Waals surface area (Å²) in [7, 11) is 0. The van der Waals surface area contributed by atoms with Gasteiger partial charge >= 0.3 is 0 Å². The van der Waals surface area contributed by atoms with Crippen molar-refractivity contribution in [3.05, 3.63) is 28.8 Å². The number of benzene rings is 1. The first-order valence-corrected chi connectivity index (χ1v) is 6.06. The number of ketones is 1. The van der Waals surface area contributed by atoms with Crippen LogP contribution < -0.4 is 4.90 Å². The van der Waals surface area contributed by atoms with Gasteiger partial charge in [0.15, 0.2) is 11.9 Å². The van der Waals surface area contributed by atoms with Gasteiger partial charge in [0.1, 0.15) is 0 Å². The summed E-state index contributed by atoms with van der Waals surface area (Å²) in [5.74, 6) is -0.0524. The number of nitrogens with zero attached hydrogens (tertiary/aromatic N) is 2. The molecule has 1 atom stereocenters. The molecule has 2 rings (SSSR count). The van der Waals surface area contributed by atoms with E-state index in [9.17, 15) is 4.79 Å². The fourth-order valence-corrected chi connectivity index (χ4v) is 2.26. The van der Waals surface area contributed by atoms with Crippen LogP contribution in [-0.4, -0.2) is 31.6 Å². The number of carbonyl (C=O) groups is 1. The Morgan fingerprint density at radius 2 is 2.39 bits per heavy atom. The van der Waals surface area contributed by atoms with Crippen molar-refractivity contribution in [3.8, 4) is 6.07 Å². The molecule has 4 nitrogen and oxygen atoms in total. The molecule has 94 valence electrons. The lowest BCUT2D eigenvalue weighted by Gasteiger charge is -2.31.